The fraction of sp³-hybridized carbons (Fsp3) is 0.321. The van der Waals surface area contributed by atoms with Crippen molar-refractivity contribution >= 4 is 44.0 Å². The molecule has 2 aromatic carbocycles. The molecule has 1 aliphatic rings. The van der Waals surface area contributed by atoms with Crippen molar-refractivity contribution in [3.8, 4) is 11.3 Å². The van der Waals surface area contributed by atoms with Crippen LogP contribution in [0.4, 0.5) is 26.1 Å². The Morgan fingerprint density at radius 1 is 1.15 bits per heavy atom. The molecule has 4 aromatic rings. The molecule has 216 valence electrons. The van der Waals surface area contributed by atoms with Crippen molar-refractivity contribution in [2.75, 3.05) is 43.6 Å². The summed E-state index contributed by atoms with van der Waals surface area (Å²) in [6.07, 6.45) is 3.43. The number of para-hydroxylation sites is 1. The molecule has 1 saturated heterocycles. The van der Waals surface area contributed by atoms with Crippen LogP contribution in [-0.2, 0) is 14.6 Å². The van der Waals surface area contributed by atoms with Crippen molar-refractivity contribution in [2.45, 2.75) is 30.8 Å². The number of carbonyl (C=O) groups is 1. The van der Waals surface area contributed by atoms with E-state index in [9.17, 15) is 22.0 Å². The number of aromatic amines is 1. The topological polar surface area (TPSA) is 123 Å². The lowest BCUT2D eigenvalue weighted by molar-refractivity contribution is -0.122. The molecule has 5 rings (SSSR count). The molecule has 13 heteroatoms. The van der Waals surface area contributed by atoms with Crippen LogP contribution in [0.5, 0.6) is 0 Å². The number of nitrogens with one attached hydrogen (secondary N) is 3. The molecule has 41 heavy (non-hydrogen) atoms. The minimum Gasteiger partial charge on any atom is -0.359 e. The second-order valence-corrected chi connectivity index (χ2v) is 12.3. The third-order valence-electron chi connectivity index (χ3n) is 7.34. The van der Waals surface area contributed by atoms with E-state index in [4.69, 9.17) is 0 Å². The third kappa shape index (κ3) is 5.78. The lowest BCUT2D eigenvalue weighted by Gasteiger charge is -2.41. The van der Waals surface area contributed by atoms with E-state index in [1.54, 1.807) is 24.4 Å². The normalized spacial score (nSPS) is 17.5. The van der Waals surface area contributed by atoms with E-state index >= 15 is 0 Å². The Labute approximate surface area is 236 Å². The summed E-state index contributed by atoms with van der Waals surface area (Å²) in [6, 6.07) is 9.04. The molecule has 0 bridgehead atoms. The molecular formula is C28H31F2N7O3S. The van der Waals surface area contributed by atoms with Gasteiger partial charge in [0, 0.05) is 49.1 Å². The van der Waals surface area contributed by atoms with Crippen molar-refractivity contribution in [3.63, 3.8) is 0 Å². The predicted octanol–water partition coefficient (Wildman–Crippen LogP) is 4.01. The van der Waals surface area contributed by atoms with Gasteiger partial charge in [-0.1, -0.05) is 18.2 Å². The van der Waals surface area contributed by atoms with Crippen molar-refractivity contribution < 1.29 is 22.0 Å². The quantitative estimate of drug-likeness (QED) is 0.298. The molecule has 1 aliphatic heterocycles. The number of aromatic nitrogens is 3. The number of hydrogen-bond acceptors (Lipinski definition) is 8. The largest absolute Gasteiger partial charge is 0.359 e. The van der Waals surface area contributed by atoms with E-state index < -0.39 is 26.4 Å². The first-order valence-electron chi connectivity index (χ1n) is 13.1. The number of amides is 1. The molecule has 1 amide bonds. The highest BCUT2D eigenvalue weighted by molar-refractivity contribution is 7.90. The highest BCUT2D eigenvalue weighted by Gasteiger charge is 2.30. The number of likely N-dealkylation sites (N-methyl/N-ethyl adjacent to an activating group) is 1. The molecule has 3 heterocycles. The molecule has 0 radical (unpaired) electrons. The number of piperazine rings is 1. The standard InChI is InChI=1S/C28H31F2N7O3S/c1-16-15-36(3)11-12-37(16)17(2)27(38)33-22-9-5-7-18-19(13-31-26(18)22)25-20(29)14-32-28(35-25)34-21-8-6-10-23(24(21)30)41(4,39)40/h5-10,13-14,16-17,31H,11-12,15H2,1-4H3,(H,33,38)(H,32,34,35)/t16-,17?/m1/s1. The van der Waals surface area contributed by atoms with E-state index in [1.165, 1.54) is 12.1 Å². The second kappa shape index (κ2) is 11.1. The number of hydrogen-bond donors (Lipinski definition) is 3. The highest BCUT2D eigenvalue weighted by atomic mass is 32.2. The van der Waals surface area contributed by atoms with Crippen LogP contribution < -0.4 is 10.6 Å². The summed E-state index contributed by atoms with van der Waals surface area (Å²) in [5.41, 5.74) is 1.31. The molecule has 0 aliphatic carbocycles. The zero-order valence-electron chi connectivity index (χ0n) is 23.1. The van der Waals surface area contributed by atoms with Gasteiger partial charge in [-0.15, -0.1) is 0 Å². The van der Waals surface area contributed by atoms with E-state index in [0.29, 0.717) is 22.2 Å². The average Bonchev–Trinajstić information content (AvgIpc) is 3.35. The number of sulfone groups is 1. The van der Waals surface area contributed by atoms with Crippen LogP contribution in [0.1, 0.15) is 13.8 Å². The lowest BCUT2D eigenvalue weighted by atomic mass is 10.1. The minimum atomic E-state index is -3.81. The Kier molecular flexibility index (Phi) is 7.77. The Morgan fingerprint density at radius 3 is 2.61 bits per heavy atom. The Bertz CT molecular complexity index is 1730. The number of fused-ring (bicyclic) bond motifs is 1. The summed E-state index contributed by atoms with van der Waals surface area (Å²) in [5, 5.41) is 6.26. The monoisotopic (exact) mass is 583 g/mol. The second-order valence-electron chi connectivity index (χ2n) is 10.3. The van der Waals surface area contributed by atoms with Crippen LogP contribution in [-0.4, -0.2) is 84.1 Å². The van der Waals surface area contributed by atoms with Gasteiger partial charge >= 0.3 is 0 Å². The molecule has 0 spiro atoms. The van der Waals surface area contributed by atoms with Crippen LogP contribution in [0.3, 0.4) is 0 Å². The van der Waals surface area contributed by atoms with Crippen molar-refractivity contribution in [1.29, 1.82) is 0 Å². The average molecular weight is 584 g/mol. The van der Waals surface area contributed by atoms with Gasteiger partial charge in [0.05, 0.1) is 29.1 Å². The summed E-state index contributed by atoms with van der Waals surface area (Å²) < 4.78 is 53.6. The lowest BCUT2D eigenvalue weighted by Crippen LogP contribution is -2.56. The number of benzene rings is 2. The molecule has 1 unspecified atom stereocenters. The van der Waals surface area contributed by atoms with E-state index in [0.717, 1.165) is 38.2 Å². The zero-order valence-corrected chi connectivity index (χ0v) is 23.9. The van der Waals surface area contributed by atoms with Crippen LogP contribution >= 0.6 is 0 Å². The Hall–Kier alpha value is -3.94. The molecular weight excluding hydrogens is 552 g/mol. The number of halogens is 2. The number of anilines is 3. The number of H-pyrrole nitrogens is 1. The minimum absolute atomic E-state index is 0.0588. The molecule has 1 fully saturated rings. The maximum absolute atomic E-state index is 15.0. The predicted molar refractivity (Wildman–Crippen MR) is 154 cm³/mol. The maximum Gasteiger partial charge on any atom is 0.241 e. The van der Waals surface area contributed by atoms with Crippen LogP contribution in [0.15, 0.2) is 53.7 Å². The summed E-state index contributed by atoms with van der Waals surface area (Å²) in [6.45, 7) is 6.54. The summed E-state index contributed by atoms with van der Waals surface area (Å²) in [7, 11) is -1.74. The smallest absolute Gasteiger partial charge is 0.241 e. The van der Waals surface area contributed by atoms with Gasteiger partial charge in [-0.2, -0.15) is 0 Å². The van der Waals surface area contributed by atoms with Crippen LogP contribution in [0, 0.1) is 11.6 Å². The number of carbonyl (C=O) groups excluding carboxylic acids is 1. The van der Waals surface area contributed by atoms with Crippen LogP contribution in [0.2, 0.25) is 0 Å². The fourth-order valence-electron chi connectivity index (χ4n) is 5.20. The van der Waals surface area contributed by atoms with Crippen molar-refractivity contribution in [2.24, 2.45) is 0 Å². The summed E-state index contributed by atoms with van der Waals surface area (Å²) >= 11 is 0. The highest BCUT2D eigenvalue weighted by Crippen LogP contribution is 2.34. The van der Waals surface area contributed by atoms with E-state index in [1.807, 2.05) is 6.92 Å². The van der Waals surface area contributed by atoms with Gasteiger partial charge in [0.1, 0.15) is 10.6 Å². The molecule has 2 aromatic heterocycles. The first kappa shape index (κ1) is 28.6. The van der Waals surface area contributed by atoms with E-state index in [-0.39, 0.29) is 35.3 Å². The summed E-state index contributed by atoms with van der Waals surface area (Å²) in [4.78, 5) is 28.4. The van der Waals surface area contributed by atoms with Gasteiger partial charge < -0.3 is 20.5 Å². The van der Waals surface area contributed by atoms with Crippen molar-refractivity contribution in [1.82, 2.24) is 24.8 Å². The maximum atomic E-state index is 15.0. The number of nitrogens with zero attached hydrogens (tertiary/aromatic N) is 4. The molecule has 0 saturated carbocycles. The Morgan fingerprint density at radius 2 is 1.88 bits per heavy atom. The first-order chi connectivity index (χ1) is 19.4. The third-order valence-corrected chi connectivity index (χ3v) is 8.45. The van der Waals surface area contributed by atoms with Crippen LogP contribution in [0.25, 0.3) is 22.2 Å². The molecule has 10 nitrogen and oxygen atoms in total. The van der Waals surface area contributed by atoms with E-state index in [2.05, 4.69) is 49.4 Å². The van der Waals surface area contributed by atoms with Gasteiger partial charge in [-0.3, -0.25) is 9.69 Å². The van der Waals surface area contributed by atoms with Gasteiger partial charge in [-0.05, 0) is 39.1 Å². The van der Waals surface area contributed by atoms with Gasteiger partial charge in [-0.25, -0.2) is 27.2 Å². The van der Waals surface area contributed by atoms with Gasteiger partial charge in [0.2, 0.25) is 11.9 Å². The zero-order chi connectivity index (χ0) is 29.5. The molecule has 2 atom stereocenters. The summed E-state index contributed by atoms with van der Waals surface area (Å²) in [5.74, 6) is -1.98. The Balaban J connectivity index is 1.42. The van der Waals surface area contributed by atoms with Crippen molar-refractivity contribution in [3.05, 3.63) is 60.4 Å². The SMILES string of the molecule is CC(C(=O)Nc1cccc2c(-c3nc(Nc4cccc(S(C)(=O)=O)c4F)ncc3F)c[nH]c12)N1CCN(C)C[C@H]1C. The fourth-order valence-corrected chi connectivity index (χ4v) is 5.96. The van der Waals surface area contributed by atoms with Gasteiger partial charge in [0.15, 0.2) is 21.5 Å². The molecule has 3 N–H and O–H groups in total. The number of rotatable bonds is 7. The first-order valence-corrected chi connectivity index (χ1v) is 15.0. The van der Waals surface area contributed by atoms with Gasteiger partial charge in [0.25, 0.3) is 0 Å².